The summed E-state index contributed by atoms with van der Waals surface area (Å²) in [5, 5.41) is 117. The van der Waals surface area contributed by atoms with Crippen molar-refractivity contribution in [2.45, 2.75) is 183 Å². The third kappa shape index (κ3) is 7.44. The van der Waals surface area contributed by atoms with Crippen molar-refractivity contribution < 1.29 is 84.6 Å². The summed E-state index contributed by atoms with van der Waals surface area (Å²) in [6, 6.07) is 0. The van der Waals surface area contributed by atoms with Gasteiger partial charge in [-0.2, -0.15) is 0 Å². The van der Waals surface area contributed by atoms with Gasteiger partial charge in [0.15, 0.2) is 18.9 Å². The Balaban J connectivity index is 1.05. The standard InChI is InChI=1S/C39H64O17/c1-15(25-22(42)12-21-19-6-5-17-11-18(41)7-9-38(17,3)20(19)8-10-39(21,25)4)52-37-34(31(48)26(43)16(2)53-37)56-36-33(50)30(47)28(45)24(55-36)14-51-35-32(49)29(46)27(44)23(13-40)54-35/h5,15-16,18-37,40-50H,6-14H2,1-4H3/t15-,16-,18+,19-,20+,21+,22+,23-,24-,25+,26-,27-,28-,29+,30+,31-,32-,33-,34-,35-,36+,37-,38+,39+/m1/s1. The van der Waals surface area contributed by atoms with Crippen molar-refractivity contribution in [1.29, 1.82) is 0 Å². The lowest BCUT2D eigenvalue weighted by Gasteiger charge is -2.58. The largest absolute Gasteiger partial charge is 0.394 e. The van der Waals surface area contributed by atoms with Crippen LogP contribution in [0, 0.1) is 34.5 Å². The van der Waals surface area contributed by atoms with Crippen molar-refractivity contribution in [3.05, 3.63) is 11.6 Å². The van der Waals surface area contributed by atoms with Gasteiger partial charge >= 0.3 is 0 Å². The fraction of sp³-hybridized carbons (Fsp3) is 0.949. The highest BCUT2D eigenvalue weighted by molar-refractivity contribution is 5.26. The Morgan fingerprint density at radius 2 is 1.41 bits per heavy atom. The van der Waals surface area contributed by atoms with Crippen LogP contribution in [0.1, 0.15) is 72.6 Å². The maximum atomic E-state index is 11.7. The van der Waals surface area contributed by atoms with Gasteiger partial charge in [-0.3, -0.25) is 0 Å². The van der Waals surface area contributed by atoms with Gasteiger partial charge in [0, 0.05) is 5.92 Å². The van der Waals surface area contributed by atoms with Crippen LogP contribution < -0.4 is 0 Å². The maximum Gasteiger partial charge on any atom is 0.187 e. The zero-order valence-electron chi connectivity index (χ0n) is 32.5. The second-order valence-corrected chi connectivity index (χ2v) is 18.2. The molecule has 17 nitrogen and oxygen atoms in total. The minimum absolute atomic E-state index is 0.0304. The smallest absolute Gasteiger partial charge is 0.187 e. The molecule has 7 aliphatic rings. The molecule has 0 spiro atoms. The predicted molar refractivity (Wildman–Crippen MR) is 191 cm³/mol. The molecule has 0 radical (unpaired) electrons. The lowest BCUT2D eigenvalue weighted by molar-refractivity contribution is -0.375. The number of aliphatic hydroxyl groups is 11. The van der Waals surface area contributed by atoms with E-state index in [9.17, 15) is 56.2 Å². The predicted octanol–water partition coefficient (Wildman–Crippen LogP) is -2.22. The third-order valence-electron chi connectivity index (χ3n) is 15.1. The van der Waals surface area contributed by atoms with E-state index in [1.807, 2.05) is 6.92 Å². The molecule has 4 aliphatic carbocycles. The van der Waals surface area contributed by atoms with E-state index in [1.165, 1.54) is 5.57 Å². The van der Waals surface area contributed by atoms with Gasteiger partial charge in [0.05, 0.1) is 37.6 Å². The second kappa shape index (κ2) is 16.5. The fourth-order valence-electron chi connectivity index (χ4n) is 11.8. The minimum Gasteiger partial charge on any atom is -0.394 e. The van der Waals surface area contributed by atoms with Crippen molar-refractivity contribution in [1.82, 2.24) is 0 Å². The molecule has 0 amide bonds. The number of rotatable bonds is 9. The minimum atomic E-state index is -1.86. The van der Waals surface area contributed by atoms with Gasteiger partial charge in [0.2, 0.25) is 0 Å². The van der Waals surface area contributed by atoms with Crippen LogP contribution in [0.5, 0.6) is 0 Å². The molecule has 0 aromatic heterocycles. The van der Waals surface area contributed by atoms with E-state index in [0.29, 0.717) is 18.3 Å². The zero-order chi connectivity index (χ0) is 40.6. The molecule has 6 fully saturated rings. The fourth-order valence-corrected chi connectivity index (χ4v) is 11.8. The summed E-state index contributed by atoms with van der Waals surface area (Å²) in [5.41, 5.74) is 1.11. The number of fused-ring (bicyclic) bond motifs is 5. The summed E-state index contributed by atoms with van der Waals surface area (Å²) in [5.74, 6) is 0.725. The SMILES string of the molecule is C[C@H]1O[C@@H](O[C@H](C)[C@H]2[C@@H](O)C[C@H]3[C@@H]4CC=C5C[C@@H](O)CC[C@]5(C)[C@H]4CC[C@]23C)[C@H](O[C@@H]2O[C@H](CO[C@@H]3O[C@H](CO)[C@@H](O)[C@H](O)[C@H]3O)[C@@H](O)[C@H](O)[C@H]2O)[C@H](O)[C@@H]1O. The van der Waals surface area contributed by atoms with Crippen LogP contribution >= 0.6 is 0 Å². The molecule has 3 heterocycles. The third-order valence-corrected chi connectivity index (χ3v) is 15.1. The first-order valence-electron chi connectivity index (χ1n) is 20.4. The second-order valence-electron chi connectivity index (χ2n) is 18.2. The number of hydrogen-bond acceptors (Lipinski definition) is 17. The van der Waals surface area contributed by atoms with E-state index in [4.69, 9.17) is 28.4 Å². The van der Waals surface area contributed by atoms with Crippen LogP contribution in [-0.2, 0) is 28.4 Å². The molecule has 7 rings (SSSR count). The van der Waals surface area contributed by atoms with Crippen LogP contribution in [0.15, 0.2) is 11.6 Å². The summed E-state index contributed by atoms with van der Waals surface area (Å²) in [4.78, 5) is 0. The highest BCUT2D eigenvalue weighted by Crippen LogP contribution is 2.67. The van der Waals surface area contributed by atoms with Gasteiger partial charge in [-0.05, 0) is 87.4 Å². The molecule has 0 bridgehead atoms. The van der Waals surface area contributed by atoms with E-state index in [2.05, 4.69) is 19.9 Å². The highest BCUT2D eigenvalue weighted by atomic mass is 16.8. The molecule has 0 aromatic rings. The van der Waals surface area contributed by atoms with Crippen LogP contribution in [0.4, 0.5) is 0 Å². The van der Waals surface area contributed by atoms with E-state index in [-0.39, 0.29) is 28.8 Å². The first-order chi connectivity index (χ1) is 26.4. The topological polar surface area (TPSA) is 278 Å². The van der Waals surface area contributed by atoms with Crippen LogP contribution in [0.25, 0.3) is 0 Å². The zero-order valence-corrected chi connectivity index (χ0v) is 32.5. The number of allylic oxidation sites excluding steroid dienone is 1. The van der Waals surface area contributed by atoms with Gasteiger partial charge in [-0.15, -0.1) is 0 Å². The highest BCUT2D eigenvalue weighted by Gasteiger charge is 2.63. The van der Waals surface area contributed by atoms with Gasteiger partial charge in [-0.25, -0.2) is 0 Å². The Bertz CT molecular complexity index is 1390. The van der Waals surface area contributed by atoms with Gasteiger partial charge in [-0.1, -0.05) is 25.5 Å². The van der Waals surface area contributed by atoms with E-state index < -0.39 is 118 Å². The molecule has 3 saturated heterocycles. The molecule has 11 N–H and O–H groups in total. The Labute approximate surface area is 326 Å². The number of aliphatic hydroxyl groups excluding tert-OH is 11. The molecule has 56 heavy (non-hydrogen) atoms. The van der Waals surface area contributed by atoms with Crippen LogP contribution in [-0.4, -0.2) is 180 Å². The molecular formula is C39H64O17. The quantitative estimate of drug-likeness (QED) is 0.110. The van der Waals surface area contributed by atoms with E-state index in [1.54, 1.807) is 6.92 Å². The average Bonchev–Trinajstić information content (AvgIpc) is 3.44. The van der Waals surface area contributed by atoms with E-state index in [0.717, 1.165) is 38.5 Å². The van der Waals surface area contributed by atoms with Gasteiger partial charge in [0.25, 0.3) is 0 Å². The Hall–Kier alpha value is -0.940. The summed E-state index contributed by atoms with van der Waals surface area (Å²) in [6.07, 6.45) is -16.8. The Morgan fingerprint density at radius 1 is 0.750 bits per heavy atom. The molecule has 0 aromatic carbocycles. The summed E-state index contributed by atoms with van der Waals surface area (Å²) < 4.78 is 35.3. The maximum absolute atomic E-state index is 11.7. The van der Waals surface area contributed by atoms with Gasteiger partial charge < -0.3 is 84.6 Å². The first kappa shape index (κ1) is 43.2. The molecule has 3 aliphatic heterocycles. The molecule has 3 saturated carbocycles. The molecule has 17 heteroatoms. The lowest BCUT2D eigenvalue weighted by Crippen LogP contribution is -2.65. The van der Waals surface area contributed by atoms with Gasteiger partial charge in [0.1, 0.15) is 67.1 Å². The number of hydrogen-bond donors (Lipinski definition) is 11. The van der Waals surface area contributed by atoms with Crippen LogP contribution in [0.3, 0.4) is 0 Å². The molecule has 322 valence electrons. The van der Waals surface area contributed by atoms with Crippen molar-refractivity contribution in [2.24, 2.45) is 34.5 Å². The molecular weight excluding hydrogens is 740 g/mol. The molecule has 24 atom stereocenters. The average molecular weight is 805 g/mol. The van der Waals surface area contributed by atoms with Crippen molar-refractivity contribution in [2.75, 3.05) is 13.2 Å². The van der Waals surface area contributed by atoms with Crippen molar-refractivity contribution >= 4 is 0 Å². The Kier molecular flexibility index (Phi) is 12.7. The summed E-state index contributed by atoms with van der Waals surface area (Å²) in [7, 11) is 0. The number of ether oxygens (including phenoxy) is 6. The normalized spacial score (nSPS) is 55.4. The first-order valence-corrected chi connectivity index (χ1v) is 20.4. The van der Waals surface area contributed by atoms with E-state index >= 15 is 0 Å². The summed E-state index contributed by atoms with van der Waals surface area (Å²) in [6.45, 7) is 6.69. The Morgan fingerprint density at radius 3 is 2.11 bits per heavy atom. The monoisotopic (exact) mass is 804 g/mol. The summed E-state index contributed by atoms with van der Waals surface area (Å²) >= 11 is 0. The molecule has 0 unspecified atom stereocenters. The van der Waals surface area contributed by atoms with Crippen molar-refractivity contribution in [3.8, 4) is 0 Å². The lowest BCUT2D eigenvalue weighted by atomic mass is 9.47. The van der Waals surface area contributed by atoms with Crippen LogP contribution in [0.2, 0.25) is 0 Å². The van der Waals surface area contributed by atoms with Crippen molar-refractivity contribution in [3.63, 3.8) is 0 Å².